The highest BCUT2D eigenvalue weighted by Crippen LogP contribution is 2.27. The number of likely N-dealkylation sites (tertiary alicyclic amines) is 1. The summed E-state index contributed by atoms with van der Waals surface area (Å²) in [6.07, 6.45) is 2.09. The van der Waals surface area contributed by atoms with Crippen LogP contribution >= 0.6 is 11.3 Å². The van der Waals surface area contributed by atoms with E-state index >= 15 is 0 Å². The lowest BCUT2D eigenvalue weighted by Gasteiger charge is -2.31. The molecule has 2 amide bonds. The monoisotopic (exact) mass is 412 g/mol. The molecule has 1 saturated carbocycles. The molecule has 2 heterocycles. The number of thiophene rings is 1. The van der Waals surface area contributed by atoms with Crippen molar-refractivity contribution in [3.05, 3.63) is 58.3 Å². The SMILES string of the molecule is O=C(O[C@@H](C(=O)NC1CC1)c1ccccc1)C1CCN(C(=O)c2cccs2)CC1. The van der Waals surface area contributed by atoms with E-state index in [1.54, 1.807) is 17.0 Å². The van der Waals surface area contributed by atoms with E-state index in [-0.39, 0.29) is 29.7 Å². The van der Waals surface area contributed by atoms with Crippen LogP contribution in [0.4, 0.5) is 0 Å². The molecule has 4 rings (SSSR count). The average Bonchev–Trinajstić information content (AvgIpc) is 3.40. The second kappa shape index (κ2) is 8.78. The first-order valence-electron chi connectivity index (χ1n) is 10.0. The molecule has 1 aliphatic carbocycles. The zero-order chi connectivity index (χ0) is 20.2. The molecule has 1 aliphatic heterocycles. The Labute approximate surface area is 173 Å². The summed E-state index contributed by atoms with van der Waals surface area (Å²) in [4.78, 5) is 40.4. The van der Waals surface area contributed by atoms with Gasteiger partial charge in [-0.15, -0.1) is 11.3 Å². The fourth-order valence-corrected chi connectivity index (χ4v) is 4.18. The van der Waals surface area contributed by atoms with Gasteiger partial charge in [-0.25, -0.2) is 0 Å². The second-order valence-corrected chi connectivity index (χ2v) is 8.50. The first-order chi connectivity index (χ1) is 14.1. The van der Waals surface area contributed by atoms with E-state index in [1.807, 2.05) is 35.7 Å². The van der Waals surface area contributed by atoms with E-state index in [1.165, 1.54) is 11.3 Å². The molecule has 1 saturated heterocycles. The van der Waals surface area contributed by atoms with Crippen molar-refractivity contribution < 1.29 is 19.1 Å². The Morgan fingerprint density at radius 3 is 2.34 bits per heavy atom. The number of carbonyl (C=O) groups is 3. The van der Waals surface area contributed by atoms with E-state index in [0.29, 0.717) is 36.4 Å². The Bertz CT molecular complexity index is 856. The van der Waals surface area contributed by atoms with Crippen LogP contribution in [0.5, 0.6) is 0 Å². The van der Waals surface area contributed by atoms with Gasteiger partial charge in [-0.1, -0.05) is 36.4 Å². The van der Waals surface area contributed by atoms with Gasteiger partial charge >= 0.3 is 5.97 Å². The van der Waals surface area contributed by atoms with Gasteiger partial charge in [-0.3, -0.25) is 14.4 Å². The highest BCUT2D eigenvalue weighted by molar-refractivity contribution is 7.12. The maximum Gasteiger partial charge on any atom is 0.310 e. The molecule has 152 valence electrons. The van der Waals surface area contributed by atoms with Crippen LogP contribution in [-0.4, -0.2) is 41.8 Å². The zero-order valence-electron chi connectivity index (χ0n) is 16.1. The average molecular weight is 413 g/mol. The number of nitrogens with zero attached hydrogens (tertiary/aromatic N) is 1. The number of piperidine rings is 1. The van der Waals surface area contributed by atoms with Crippen molar-refractivity contribution in [1.82, 2.24) is 10.2 Å². The number of benzene rings is 1. The summed E-state index contributed by atoms with van der Waals surface area (Å²) in [5, 5.41) is 4.81. The molecule has 6 nitrogen and oxygen atoms in total. The fourth-order valence-electron chi connectivity index (χ4n) is 3.49. The Balaban J connectivity index is 1.36. The first kappa shape index (κ1) is 19.6. The van der Waals surface area contributed by atoms with E-state index in [2.05, 4.69) is 5.32 Å². The summed E-state index contributed by atoms with van der Waals surface area (Å²) in [6, 6.07) is 13.0. The van der Waals surface area contributed by atoms with Crippen LogP contribution in [-0.2, 0) is 14.3 Å². The minimum Gasteiger partial charge on any atom is -0.447 e. The smallest absolute Gasteiger partial charge is 0.310 e. The van der Waals surface area contributed by atoms with Gasteiger partial charge in [0, 0.05) is 24.7 Å². The lowest BCUT2D eigenvalue weighted by atomic mass is 9.96. The van der Waals surface area contributed by atoms with Gasteiger partial charge in [0.25, 0.3) is 11.8 Å². The summed E-state index contributed by atoms with van der Waals surface area (Å²) >= 11 is 1.42. The number of amides is 2. The van der Waals surface area contributed by atoms with Gasteiger partial charge in [-0.05, 0) is 37.1 Å². The molecular weight excluding hydrogens is 388 g/mol. The van der Waals surface area contributed by atoms with Gasteiger partial charge < -0.3 is 15.0 Å². The minimum absolute atomic E-state index is 0.0118. The van der Waals surface area contributed by atoms with Crippen molar-refractivity contribution in [2.24, 2.45) is 5.92 Å². The number of ether oxygens (including phenoxy) is 1. The molecule has 0 bridgehead atoms. The maximum absolute atomic E-state index is 12.8. The van der Waals surface area contributed by atoms with Gasteiger partial charge in [0.2, 0.25) is 6.10 Å². The summed E-state index contributed by atoms with van der Waals surface area (Å²) in [6.45, 7) is 1.03. The highest BCUT2D eigenvalue weighted by Gasteiger charge is 2.34. The van der Waals surface area contributed by atoms with E-state index in [0.717, 1.165) is 12.8 Å². The van der Waals surface area contributed by atoms with Gasteiger partial charge in [0.1, 0.15) is 0 Å². The minimum atomic E-state index is -0.935. The lowest BCUT2D eigenvalue weighted by molar-refractivity contribution is -0.161. The lowest BCUT2D eigenvalue weighted by Crippen LogP contribution is -2.41. The molecule has 1 aromatic carbocycles. The third-order valence-electron chi connectivity index (χ3n) is 5.35. The van der Waals surface area contributed by atoms with Crippen LogP contribution in [0.25, 0.3) is 0 Å². The number of carbonyl (C=O) groups excluding carboxylic acids is 3. The van der Waals surface area contributed by atoms with E-state index in [4.69, 9.17) is 4.74 Å². The molecule has 2 aliphatic rings. The quantitative estimate of drug-likeness (QED) is 0.740. The van der Waals surface area contributed by atoms with Crippen LogP contribution in [0.1, 0.15) is 47.0 Å². The third-order valence-corrected chi connectivity index (χ3v) is 6.20. The van der Waals surface area contributed by atoms with Crippen LogP contribution in [0.15, 0.2) is 47.8 Å². The number of hydrogen-bond donors (Lipinski definition) is 1. The maximum atomic E-state index is 12.8. The van der Waals surface area contributed by atoms with E-state index < -0.39 is 6.10 Å². The number of esters is 1. The highest BCUT2D eigenvalue weighted by atomic mass is 32.1. The molecular formula is C22H24N2O4S. The number of hydrogen-bond acceptors (Lipinski definition) is 5. The predicted octanol–water partition coefficient (Wildman–Crippen LogP) is 3.16. The summed E-state index contributed by atoms with van der Waals surface area (Å²) in [5.41, 5.74) is 0.671. The topological polar surface area (TPSA) is 75.7 Å². The molecule has 2 fully saturated rings. The van der Waals surface area contributed by atoms with Crippen LogP contribution in [0.3, 0.4) is 0 Å². The molecule has 1 aromatic heterocycles. The first-order valence-corrected chi connectivity index (χ1v) is 10.9. The molecule has 0 unspecified atom stereocenters. The fraction of sp³-hybridized carbons (Fsp3) is 0.409. The summed E-state index contributed by atoms with van der Waals surface area (Å²) in [7, 11) is 0. The van der Waals surface area contributed by atoms with Crippen molar-refractivity contribution in [3.63, 3.8) is 0 Å². The normalized spacial score (nSPS) is 18.1. The number of nitrogens with one attached hydrogen (secondary N) is 1. The van der Waals surface area contributed by atoms with Crippen LogP contribution in [0.2, 0.25) is 0 Å². The van der Waals surface area contributed by atoms with Gasteiger partial charge in [-0.2, -0.15) is 0 Å². The van der Waals surface area contributed by atoms with Gasteiger partial charge in [0.15, 0.2) is 0 Å². The van der Waals surface area contributed by atoms with Crippen molar-refractivity contribution in [2.75, 3.05) is 13.1 Å². The largest absolute Gasteiger partial charge is 0.447 e. The Hall–Kier alpha value is -2.67. The van der Waals surface area contributed by atoms with Crippen molar-refractivity contribution in [1.29, 1.82) is 0 Å². The van der Waals surface area contributed by atoms with Crippen LogP contribution < -0.4 is 5.32 Å². The molecule has 7 heteroatoms. The Kier molecular flexibility index (Phi) is 5.94. The molecule has 0 spiro atoms. The summed E-state index contributed by atoms with van der Waals surface area (Å²) in [5.74, 6) is -0.925. The van der Waals surface area contributed by atoms with E-state index in [9.17, 15) is 14.4 Å². The molecule has 1 atom stereocenters. The Morgan fingerprint density at radius 2 is 1.72 bits per heavy atom. The van der Waals surface area contributed by atoms with Crippen molar-refractivity contribution in [2.45, 2.75) is 37.8 Å². The standard InChI is InChI=1S/C22H24N2O4S/c25-20(23-17-8-9-17)19(15-5-2-1-3-6-15)28-22(27)16-10-12-24(13-11-16)21(26)18-7-4-14-29-18/h1-7,14,16-17,19H,8-13H2,(H,23,25)/t19-/m1/s1. The summed E-state index contributed by atoms with van der Waals surface area (Å²) < 4.78 is 5.68. The van der Waals surface area contributed by atoms with Crippen molar-refractivity contribution >= 4 is 29.1 Å². The second-order valence-electron chi connectivity index (χ2n) is 7.55. The van der Waals surface area contributed by atoms with Gasteiger partial charge in [0.05, 0.1) is 10.8 Å². The Morgan fingerprint density at radius 1 is 1.00 bits per heavy atom. The van der Waals surface area contributed by atoms with Crippen molar-refractivity contribution in [3.8, 4) is 0 Å². The molecule has 29 heavy (non-hydrogen) atoms. The number of rotatable bonds is 6. The van der Waals surface area contributed by atoms with Crippen LogP contribution in [0, 0.1) is 5.92 Å². The molecule has 1 N–H and O–H groups in total. The molecule has 0 radical (unpaired) electrons. The zero-order valence-corrected chi connectivity index (χ0v) is 16.9. The predicted molar refractivity (Wildman–Crippen MR) is 109 cm³/mol. The third kappa shape index (κ3) is 4.85. The molecule has 2 aromatic rings.